The van der Waals surface area contributed by atoms with E-state index in [4.69, 9.17) is 18.9 Å². The summed E-state index contributed by atoms with van der Waals surface area (Å²) < 4.78 is 24.8. The minimum absolute atomic E-state index is 0.127. The first-order valence-electron chi connectivity index (χ1n) is 6.12. The number of esters is 2. The molecule has 1 saturated heterocycles. The maximum atomic E-state index is 11.5. The first kappa shape index (κ1) is 15.9. The molecule has 0 saturated carbocycles. The van der Waals surface area contributed by atoms with Crippen LogP contribution in [0.15, 0.2) is 0 Å². The van der Waals surface area contributed by atoms with Crippen LogP contribution in [0.4, 0.5) is 0 Å². The molecular formula is C12H20O7. The highest BCUT2D eigenvalue weighted by Gasteiger charge is 2.53. The van der Waals surface area contributed by atoms with Crippen LogP contribution in [0.1, 0.15) is 20.8 Å². The topological polar surface area (TPSA) is 83.6 Å². The van der Waals surface area contributed by atoms with Crippen LogP contribution in [-0.4, -0.2) is 56.9 Å². The van der Waals surface area contributed by atoms with Crippen LogP contribution < -0.4 is 0 Å². The number of ether oxygens (including phenoxy) is 5. The fourth-order valence-electron chi connectivity index (χ4n) is 1.35. The summed E-state index contributed by atoms with van der Waals surface area (Å²) >= 11 is 0. The van der Waals surface area contributed by atoms with E-state index in [0.29, 0.717) is 13.2 Å². The molecule has 110 valence electrons. The summed E-state index contributed by atoms with van der Waals surface area (Å²) in [6.45, 7) is 6.16. The number of hydrogen-bond donors (Lipinski definition) is 0. The second-order valence-electron chi connectivity index (χ2n) is 4.30. The van der Waals surface area contributed by atoms with E-state index in [-0.39, 0.29) is 6.10 Å². The van der Waals surface area contributed by atoms with Gasteiger partial charge < -0.3 is 23.7 Å². The van der Waals surface area contributed by atoms with Crippen molar-refractivity contribution in [3.05, 3.63) is 0 Å². The molecule has 1 aliphatic heterocycles. The lowest BCUT2D eigenvalue weighted by atomic mass is 10.3. The molecule has 0 aromatic carbocycles. The van der Waals surface area contributed by atoms with Crippen molar-refractivity contribution in [2.45, 2.75) is 45.4 Å². The van der Waals surface area contributed by atoms with Gasteiger partial charge in [0.2, 0.25) is 0 Å². The van der Waals surface area contributed by atoms with Crippen molar-refractivity contribution in [3.63, 3.8) is 0 Å². The first-order valence-corrected chi connectivity index (χ1v) is 6.12. The van der Waals surface area contributed by atoms with E-state index >= 15 is 0 Å². The number of carbonyl (C=O) groups is 2. The van der Waals surface area contributed by atoms with E-state index in [2.05, 4.69) is 4.74 Å². The molecule has 7 heteroatoms. The quantitative estimate of drug-likeness (QED) is 0.272. The van der Waals surface area contributed by atoms with Crippen LogP contribution in [0.2, 0.25) is 0 Å². The summed E-state index contributed by atoms with van der Waals surface area (Å²) in [6.07, 6.45) is -2.33. The second kappa shape index (κ2) is 7.42. The maximum absolute atomic E-state index is 11.5. The lowest BCUT2D eigenvalue weighted by Gasteiger charge is -2.14. The Hall–Kier alpha value is -1.18. The van der Waals surface area contributed by atoms with Gasteiger partial charge in [0.1, 0.15) is 0 Å². The molecule has 19 heavy (non-hydrogen) atoms. The Morgan fingerprint density at radius 2 is 1.63 bits per heavy atom. The fraction of sp³-hybridized carbons (Fsp3) is 0.833. The van der Waals surface area contributed by atoms with Gasteiger partial charge in [0.25, 0.3) is 0 Å². The molecule has 0 amide bonds. The molecule has 0 spiro atoms. The zero-order valence-corrected chi connectivity index (χ0v) is 11.6. The standard InChI is InChI=1S/C12H20O7/c1-7(2)16-5-6-17-8(3)18-12(14)10-9(19-10)11(13)15-4/h7-10H,5-6H2,1-4H3. The Morgan fingerprint density at radius 1 is 1.05 bits per heavy atom. The van der Waals surface area contributed by atoms with Crippen molar-refractivity contribution in [2.75, 3.05) is 20.3 Å². The third-order valence-corrected chi connectivity index (χ3v) is 2.33. The van der Waals surface area contributed by atoms with E-state index in [1.807, 2.05) is 13.8 Å². The number of epoxide rings is 1. The van der Waals surface area contributed by atoms with Crippen LogP contribution >= 0.6 is 0 Å². The summed E-state index contributed by atoms with van der Waals surface area (Å²) in [6, 6.07) is 0. The molecule has 3 atom stereocenters. The molecular weight excluding hydrogens is 256 g/mol. The van der Waals surface area contributed by atoms with Gasteiger partial charge in [0, 0.05) is 0 Å². The van der Waals surface area contributed by atoms with E-state index in [9.17, 15) is 9.59 Å². The molecule has 0 bridgehead atoms. The second-order valence-corrected chi connectivity index (χ2v) is 4.30. The predicted octanol–water partition coefficient (Wildman–Crippen LogP) is 0.258. The van der Waals surface area contributed by atoms with Gasteiger partial charge >= 0.3 is 11.9 Å². The van der Waals surface area contributed by atoms with Gasteiger partial charge in [-0.1, -0.05) is 0 Å². The van der Waals surface area contributed by atoms with E-state index in [0.717, 1.165) is 0 Å². The highest BCUT2D eigenvalue weighted by atomic mass is 16.7. The average Bonchev–Trinajstić information content (AvgIpc) is 3.13. The number of methoxy groups -OCH3 is 1. The lowest BCUT2D eigenvalue weighted by molar-refractivity contribution is -0.179. The summed E-state index contributed by atoms with van der Waals surface area (Å²) in [5.74, 6) is -1.21. The number of carbonyl (C=O) groups excluding carboxylic acids is 2. The van der Waals surface area contributed by atoms with Gasteiger partial charge in [-0.2, -0.15) is 0 Å². The van der Waals surface area contributed by atoms with Crippen LogP contribution in [-0.2, 0) is 33.3 Å². The number of hydrogen-bond acceptors (Lipinski definition) is 7. The Bertz CT molecular complexity index is 315. The SMILES string of the molecule is COC(=O)C1OC1C(=O)OC(C)OCCOC(C)C. The minimum Gasteiger partial charge on any atom is -0.467 e. The average molecular weight is 276 g/mol. The van der Waals surface area contributed by atoms with Gasteiger partial charge in [-0.25, -0.2) is 9.59 Å². The van der Waals surface area contributed by atoms with Gasteiger partial charge in [-0.15, -0.1) is 0 Å². The molecule has 0 N–H and O–H groups in total. The Labute approximate surface area is 112 Å². The molecule has 3 unspecified atom stereocenters. The normalized spacial score (nSPS) is 23.0. The highest BCUT2D eigenvalue weighted by molar-refractivity contribution is 5.89. The van der Waals surface area contributed by atoms with Crippen molar-refractivity contribution in [2.24, 2.45) is 0 Å². The third-order valence-electron chi connectivity index (χ3n) is 2.33. The monoisotopic (exact) mass is 276 g/mol. The first-order chi connectivity index (χ1) is 8.95. The minimum atomic E-state index is -0.884. The molecule has 1 heterocycles. The van der Waals surface area contributed by atoms with Crippen molar-refractivity contribution >= 4 is 11.9 Å². The molecule has 0 aromatic heterocycles. The van der Waals surface area contributed by atoms with Crippen molar-refractivity contribution in [1.82, 2.24) is 0 Å². The fourth-order valence-corrected chi connectivity index (χ4v) is 1.35. The zero-order chi connectivity index (χ0) is 14.4. The molecule has 1 aliphatic rings. The zero-order valence-electron chi connectivity index (χ0n) is 11.6. The van der Waals surface area contributed by atoms with Crippen LogP contribution in [0.3, 0.4) is 0 Å². The highest BCUT2D eigenvalue weighted by Crippen LogP contribution is 2.25. The van der Waals surface area contributed by atoms with Crippen molar-refractivity contribution in [1.29, 1.82) is 0 Å². The Kier molecular flexibility index (Phi) is 6.20. The largest absolute Gasteiger partial charge is 0.467 e. The number of rotatable bonds is 8. The van der Waals surface area contributed by atoms with Crippen LogP contribution in [0.5, 0.6) is 0 Å². The maximum Gasteiger partial charge on any atom is 0.340 e. The summed E-state index contributed by atoms with van der Waals surface area (Å²) in [4.78, 5) is 22.6. The van der Waals surface area contributed by atoms with Gasteiger partial charge in [-0.05, 0) is 20.8 Å². The summed E-state index contributed by atoms with van der Waals surface area (Å²) in [5.41, 5.74) is 0. The summed E-state index contributed by atoms with van der Waals surface area (Å²) in [7, 11) is 1.23. The van der Waals surface area contributed by atoms with E-state index < -0.39 is 30.4 Å². The third kappa shape index (κ3) is 5.54. The molecule has 0 aromatic rings. The van der Waals surface area contributed by atoms with Crippen LogP contribution in [0.25, 0.3) is 0 Å². The molecule has 1 fully saturated rings. The van der Waals surface area contributed by atoms with E-state index in [1.54, 1.807) is 6.92 Å². The predicted molar refractivity (Wildman–Crippen MR) is 63.3 cm³/mol. The molecule has 7 nitrogen and oxygen atoms in total. The van der Waals surface area contributed by atoms with Crippen LogP contribution in [0, 0.1) is 0 Å². The van der Waals surface area contributed by atoms with Gasteiger partial charge in [0.15, 0.2) is 18.5 Å². The summed E-state index contributed by atoms with van der Waals surface area (Å²) in [5, 5.41) is 0. The molecule has 1 rings (SSSR count). The molecule has 0 aliphatic carbocycles. The van der Waals surface area contributed by atoms with E-state index in [1.165, 1.54) is 7.11 Å². The Morgan fingerprint density at radius 3 is 2.21 bits per heavy atom. The molecule has 0 radical (unpaired) electrons. The smallest absolute Gasteiger partial charge is 0.340 e. The van der Waals surface area contributed by atoms with Crippen molar-refractivity contribution < 1.29 is 33.3 Å². The van der Waals surface area contributed by atoms with Crippen molar-refractivity contribution in [3.8, 4) is 0 Å². The lowest BCUT2D eigenvalue weighted by Crippen LogP contribution is -2.26. The van der Waals surface area contributed by atoms with Gasteiger partial charge in [0.05, 0.1) is 26.4 Å². The van der Waals surface area contributed by atoms with Gasteiger partial charge in [-0.3, -0.25) is 0 Å². The Balaban J connectivity index is 2.14.